The topological polar surface area (TPSA) is 236 Å². The molecule has 15 nitrogen and oxygen atoms in total. The van der Waals surface area contributed by atoms with E-state index in [1.807, 2.05) is 0 Å². The molecule has 0 fully saturated rings. The summed E-state index contributed by atoms with van der Waals surface area (Å²) in [5.74, 6) is 2.29. The molecule has 0 rings (SSSR count). The van der Waals surface area contributed by atoms with E-state index in [2.05, 4.69) is 41.2 Å². The van der Waals surface area contributed by atoms with Gasteiger partial charge in [-0.15, -0.1) is 0 Å². The molecule has 122 valence electrons. The van der Waals surface area contributed by atoms with Gasteiger partial charge in [-0.25, -0.2) is 0 Å². The van der Waals surface area contributed by atoms with Crippen LogP contribution in [0.5, 0.6) is 0 Å². The first kappa shape index (κ1) is 19.5. The second kappa shape index (κ2) is 9.45. The average Bonchev–Trinajstić information content (AvgIpc) is 2.51. The number of carbonyl (C=O) groups excluding carboxylic acids is 6. The predicted molar refractivity (Wildman–Crippen MR) is 54.9 cm³/mol. The van der Waals surface area contributed by atoms with E-state index in [-0.39, 0.29) is 0 Å². The third-order valence-corrected chi connectivity index (χ3v) is 3.99. The van der Waals surface area contributed by atoms with Crippen LogP contribution < -0.4 is 17.7 Å². The molecule has 0 bridgehead atoms. The summed E-state index contributed by atoms with van der Waals surface area (Å²) in [7, 11) is 0. The molecule has 0 aromatic rings. The van der Waals surface area contributed by atoms with Crippen LogP contribution in [-0.4, -0.2) is 57.3 Å². The maximum absolute atomic E-state index is 11.0. The van der Waals surface area contributed by atoms with E-state index in [1.165, 1.54) is 0 Å². The van der Waals surface area contributed by atoms with Crippen LogP contribution in [0.1, 0.15) is 0 Å². The Morgan fingerprint density at radius 2 is 0.727 bits per heavy atom. The number of carbonyl (C=O) groups is 6. The molecule has 0 radical (unpaired) electrons. The Balaban J connectivity index is 4.98. The normalized spacial score (nSPS) is 9.27. The van der Waals surface area contributed by atoms with Gasteiger partial charge >= 0.3 is 127 Å². The van der Waals surface area contributed by atoms with Gasteiger partial charge < -0.3 is 0 Å². The average molecular weight is 434 g/mol. The Labute approximate surface area is 127 Å². The van der Waals surface area contributed by atoms with Crippen LogP contribution in [0.4, 0.5) is 0 Å². The Kier molecular flexibility index (Phi) is 8.39. The summed E-state index contributed by atoms with van der Waals surface area (Å²) < 4.78 is 12.4. The van der Waals surface area contributed by atoms with Gasteiger partial charge in [0, 0.05) is 0 Å². The first-order valence-corrected chi connectivity index (χ1v) is 7.58. The number of hydrogen-bond donors (Lipinski definition) is 3. The summed E-state index contributed by atoms with van der Waals surface area (Å²) in [6.07, 6.45) is 0. The Morgan fingerprint density at radius 3 is 0.909 bits per heavy atom. The summed E-state index contributed by atoms with van der Waals surface area (Å²) in [6.45, 7) is 0. The van der Waals surface area contributed by atoms with E-state index in [4.69, 9.17) is 0 Å². The van der Waals surface area contributed by atoms with E-state index in [0.717, 1.165) is 0 Å². The quantitative estimate of drug-likeness (QED) is 0.214. The van der Waals surface area contributed by atoms with Crippen LogP contribution in [0.25, 0.3) is 0 Å². The SMILES string of the molecule is NOC(=O)C(=O)[O][Sb]([O]C(=O)C(=O)ON)[O]C(=O)C(=O)ON. The van der Waals surface area contributed by atoms with Crippen molar-refractivity contribution in [1.29, 1.82) is 0 Å². The van der Waals surface area contributed by atoms with Crippen LogP contribution in [0.3, 0.4) is 0 Å². The minimum atomic E-state index is -4.73. The van der Waals surface area contributed by atoms with Gasteiger partial charge in [0.2, 0.25) is 0 Å². The number of nitrogens with two attached hydrogens (primary N) is 3. The van der Waals surface area contributed by atoms with Gasteiger partial charge in [0.05, 0.1) is 0 Å². The van der Waals surface area contributed by atoms with Crippen molar-refractivity contribution in [2.75, 3.05) is 0 Å². The van der Waals surface area contributed by atoms with E-state index in [1.54, 1.807) is 0 Å². The zero-order valence-electron chi connectivity index (χ0n) is 10.1. The summed E-state index contributed by atoms with van der Waals surface area (Å²) in [5.41, 5.74) is 0. The van der Waals surface area contributed by atoms with Gasteiger partial charge in [-0.1, -0.05) is 0 Å². The standard InChI is InChI=1S/3C2H3NO4.Sb/c3*3-7-2(6)1(4)5;/h3*3H2,(H,4,5);/q;;;+3/p-3. The van der Waals surface area contributed by atoms with Crippen molar-refractivity contribution in [2.24, 2.45) is 17.7 Å². The first-order valence-electron chi connectivity index (χ1n) is 4.45. The molecule has 0 saturated carbocycles. The third kappa shape index (κ3) is 6.31. The fourth-order valence-corrected chi connectivity index (χ4v) is 2.63. The van der Waals surface area contributed by atoms with E-state index < -0.39 is 57.3 Å². The van der Waals surface area contributed by atoms with Crippen molar-refractivity contribution in [1.82, 2.24) is 0 Å². The molecule has 0 heterocycles. The molecule has 0 unspecified atom stereocenters. The molecule has 0 spiro atoms. The van der Waals surface area contributed by atoms with Crippen molar-refractivity contribution in [3.05, 3.63) is 0 Å². The molecule has 6 N–H and O–H groups in total. The summed E-state index contributed by atoms with van der Waals surface area (Å²) in [5, 5.41) is 0. The van der Waals surface area contributed by atoms with Gasteiger partial charge in [0.1, 0.15) is 0 Å². The predicted octanol–water partition coefficient (Wildman–Crippen LogP) is -5.15. The Morgan fingerprint density at radius 1 is 0.500 bits per heavy atom. The molecule has 0 saturated heterocycles. The van der Waals surface area contributed by atoms with Crippen LogP contribution in [-0.2, 0) is 52.3 Å². The maximum atomic E-state index is 11.0. The van der Waals surface area contributed by atoms with Crippen molar-refractivity contribution in [3.63, 3.8) is 0 Å². The molecular formula is C6H6N3O12Sb. The second-order valence-corrected chi connectivity index (χ2v) is 5.42. The van der Waals surface area contributed by atoms with E-state index in [0.29, 0.717) is 0 Å². The number of rotatable bonds is 3. The van der Waals surface area contributed by atoms with Crippen LogP contribution >= 0.6 is 0 Å². The molecule has 0 aliphatic carbocycles. The fourth-order valence-electron chi connectivity index (χ4n) is 0.515. The van der Waals surface area contributed by atoms with Gasteiger partial charge in [-0.3, -0.25) is 0 Å². The Hall–Kier alpha value is -2.48. The zero-order chi connectivity index (χ0) is 17.3. The minimum absolute atomic E-state index is 1.76. The second-order valence-electron chi connectivity index (χ2n) is 2.58. The third-order valence-electron chi connectivity index (χ3n) is 1.29. The van der Waals surface area contributed by atoms with Crippen LogP contribution in [0.2, 0.25) is 0 Å². The monoisotopic (exact) mass is 433 g/mol. The van der Waals surface area contributed by atoms with Crippen molar-refractivity contribution in [3.8, 4) is 0 Å². The molecule has 0 aromatic heterocycles. The van der Waals surface area contributed by atoms with Crippen LogP contribution in [0, 0.1) is 0 Å². The first-order chi connectivity index (χ1) is 10.3. The molecule has 0 aliphatic rings. The zero-order valence-corrected chi connectivity index (χ0v) is 12.6. The molecule has 0 amide bonds. The van der Waals surface area contributed by atoms with Gasteiger partial charge in [-0.2, -0.15) is 0 Å². The van der Waals surface area contributed by atoms with Gasteiger partial charge in [-0.05, 0) is 0 Å². The van der Waals surface area contributed by atoms with Gasteiger partial charge in [0.25, 0.3) is 0 Å². The van der Waals surface area contributed by atoms with E-state index >= 15 is 0 Å². The van der Waals surface area contributed by atoms with E-state index in [9.17, 15) is 28.8 Å². The van der Waals surface area contributed by atoms with Crippen molar-refractivity contribution < 1.29 is 52.3 Å². The molecule has 0 atom stereocenters. The molecule has 16 heteroatoms. The van der Waals surface area contributed by atoms with Crippen molar-refractivity contribution >= 4 is 57.3 Å². The molecular weight excluding hydrogens is 428 g/mol. The van der Waals surface area contributed by atoms with Crippen LogP contribution in [0.15, 0.2) is 0 Å². The van der Waals surface area contributed by atoms with Gasteiger partial charge in [0.15, 0.2) is 0 Å². The number of hydrogen-bond acceptors (Lipinski definition) is 15. The Bertz CT molecular complexity index is 434. The molecule has 22 heavy (non-hydrogen) atoms. The molecule has 0 aromatic carbocycles. The van der Waals surface area contributed by atoms with Crippen molar-refractivity contribution in [2.45, 2.75) is 0 Å². The summed E-state index contributed by atoms with van der Waals surface area (Å²) in [6, 6.07) is 0. The molecule has 0 aliphatic heterocycles. The fraction of sp³-hybridized carbons (Fsp3) is 0. The summed E-state index contributed by atoms with van der Waals surface area (Å²) >= 11 is -4.73. The summed E-state index contributed by atoms with van der Waals surface area (Å²) in [4.78, 5) is 75.6.